The van der Waals surface area contributed by atoms with E-state index in [9.17, 15) is 9.90 Å². The summed E-state index contributed by atoms with van der Waals surface area (Å²) in [5.74, 6) is 0.0134. The second-order valence-electron chi connectivity index (χ2n) is 5.14. The Morgan fingerprint density at radius 3 is 2.78 bits per heavy atom. The third kappa shape index (κ3) is 1.44. The first kappa shape index (κ1) is 11.2. The van der Waals surface area contributed by atoms with Crippen LogP contribution in [0.15, 0.2) is 18.2 Å². The molecule has 4 heteroatoms. The topological polar surface area (TPSA) is 73.1 Å². The molecule has 92 valence electrons. The molecule has 18 heavy (non-hydrogen) atoms. The number of aliphatic hydroxyl groups excluding tert-OH is 1. The molecule has 0 unspecified atom stereocenters. The molecule has 1 heterocycles. The van der Waals surface area contributed by atoms with Gasteiger partial charge in [-0.1, -0.05) is 0 Å². The molecule has 0 bridgehead atoms. The van der Waals surface area contributed by atoms with Crippen LogP contribution in [-0.2, 0) is 10.2 Å². The van der Waals surface area contributed by atoms with Gasteiger partial charge in [-0.2, -0.15) is 5.26 Å². The summed E-state index contributed by atoms with van der Waals surface area (Å²) in [7, 11) is 0. The minimum absolute atomic E-state index is 0.0134. The van der Waals surface area contributed by atoms with E-state index < -0.39 is 5.41 Å². The summed E-state index contributed by atoms with van der Waals surface area (Å²) in [4.78, 5) is 12.2. The van der Waals surface area contributed by atoms with Gasteiger partial charge in [0.25, 0.3) is 0 Å². The molecular weight excluding hydrogens is 228 g/mol. The predicted octanol–water partition coefficient (Wildman–Crippen LogP) is 1.68. The van der Waals surface area contributed by atoms with Crippen molar-refractivity contribution in [2.75, 3.05) is 5.32 Å². The van der Waals surface area contributed by atoms with E-state index in [1.54, 1.807) is 12.1 Å². The van der Waals surface area contributed by atoms with E-state index in [1.807, 2.05) is 6.07 Å². The molecule has 0 radical (unpaired) electrons. The van der Waals surface area contributed by atoms with Crippen molar-refractivity contribution in [3.63, 3.8) is 0 Å². The number of carbonyl (C=O) groups is 1. The van der Waals surface area contributed by atoms with Crippen LogP contribution < -0.4 is 5.32 Å². The Kier molecular flexibility index (Phi) is 2.39. The Hall–Kier alpha value is -1.86. The van der Waals surface area contributed by atoms with Gasteiger partial charge in [-0.15, -0.1) is 0 Å². The summed E-state index contributed by atoms with van der Waals surface area (Å²) < 4.78 is 0. The number of aliphatic hydroxyl groups is 1. The van der Waals surface area contributed by atoms with E-state index in [1.165, 1.54) is 0 Å². The van der Waals surface area contributed by atoms with Crippen molar-refractivity contribution in [1.82, 2.24) is 0 Å². The van der Waals surface area contributed by atoms with Crippen molar-refractivity contribution >= 4 is 11.6 Å². The van der Waals surface area contributed by atoms with E-state index in [0.717, 1.165) is 11.3 Å². The summed E-state index contributed by atoms with van der Waals surface area (Å²) in [6.45, 7) is 0. The number of nitriles is 1. The van der Waals surface area contributed by atoms with Crippen LogP contribution in [0.3, 0.4) is 0 Å². The van der Waals surface area contributed by atoms with Crippen LogP contribution in [0.1, 0.15) is 36.8 Å². The van der Waals surface area contributed by atoms with Gasteiger partial charge < -0.3 is 10.4 Å². The maximum absolute atomic E-state index is 12.2. The van der Waals surface area contributed by atoms with Crippen molar-refractivity contribution in [2.24, 2.45) is 0 Å². The molecule has 1 amide bonds. The highest BCUT2D eigenvalue weighted by molar-refractivity contribution is 6.06. The van der Waals surface area contributed by atoms with Crippen molar-refractivity contribution in [1.29, 1.82) is 5.26 Å². The molecule has 1 aromatic rings. The average Bonchev–Trinajstić information content (AvgIpc) is 2.65. The fourth-order valence-corrected chi connectivity index (χ4v) is 3.07. The maximum Gasteiger partial charge on any atom is 0.235 e. The molecule has 1 aromatic carbocycles. The van der Waals surface area contributed by atoms with Crippen molar-refractivity contribution in [2.45, 2.75) is 37.2 Å². The average molecular weight is 242 g/mol. The Morgan fingerprint density at radius 1 is 1.39 bits per heavy atom. The third-order valence-corrected chi connectivity index (χ3v) is 4.16. The largest absolute Gasteiger partial charge is 0.393 e. The zero-order chi connectivity index (χ0) is 12.8. The van der Waals surface area contributed by atoms with Crippen molar-refractivity contribution in [3.8, 4) is 6.07 Å². The Labute approximate surface area is 105 Å². The Bertz CT molecular complexity index is 551. The summed E-state index contributed by atoms with van der Waals surface area (Å²) in [6, 6.07) is 7.44. The number of nitrogens with zero attached hydrogens (tertiary/aromatic N) is 1. The molecule has 2 aliphatic rings. The van der Waals surface area contributed by atoms with Crippen LogP contribution in [0.4, 0.5) is 5.69 Å². The first-order valence-electron chi connectivity index (χ1n) is 6.20. The molecule has 1 fully saturated rings. The third-order valence-electron chi connectivity index (χ3n) is 4.16. The number of rotatable bonds is 0. The second kappa shape index (κ2) is 3.82. The standard InChI is InChI=1S/C14H14N2O2/c15-8-9-1-2-12-11(7-9)14(13(18)16-12)5-3-10(17)4-6-14/h1-2,7,10,17H,3-6H2,(H,16,18). The minimum atomic E-state index is -0.526. The molecule has 1 aliphatic carbocycles. The number of benzene rings is 1. The highest BCUT2D eigenvalue weighted by atomic mass is 16.3. The van der Waals surface area contributed by atoms with Crippen LogP contribution in [0.25, 0.3) is 0 Å². The van der Waals surface area contributed by atoms with Gasteiger partial charge in [-0.25, -0.2) is 0 Å². The Morgan fingerprint density at radius 2 is 2.11 bits per heavy atom. The number of hydrogen-bond acceptors (Lipinski definition) is 3. The van der Waals surface area contributed by atoms with Gasteiger partial charge in [-0.05, 0) is 49.4 Å². The van der Waals surface area contributed by atoms with E-state index in [4.69, 9.17) is 5.26 Å². The molecule has 4 nitrogen and oxygen atoms in total. The van der Waals surface area contributed by atoms with Gasteiger partial charge in [0.15, 0.2) is 0 Å². The normalized spacial score (nSPS) is 29.8. The number of carbonyl (C=O) groups excluding carboxylic acids is 1. The molecule has 3 rings (SSSR count). The SMILES string of the molecule is N#Cc1ccc2c(c1)C1(CCC(O)CC1)C(=O)N2. The van der Waals surface area contributed by atoms with E-state index in [0.29, 0.717) is 31.2 Å². The monoisotopic (exact) mass is 242 g/mol. The van der Waals surface area contributed by atoms with Gasteiger partial charge in [0.1, 0.15) is 0 Å². The number of hydrogen-bond donors (Lipinski definition) is 2. The number of amides is 1. The molecule has 2 N–H and O–H groups in total. The minimum Gasteiger partial charge on any atom is -0.393 e. The van der Waals surface area contributed by atoms with Crippen LogP contribution in [0, 0.1) is 11.3 Å². The van der Waals surface area contributed by atoms with Gasteiger partial charge >= 0.3 is 0 Å². The molecule has 1 aliphatic heterocycles. The van der Waals surface area contributed by atoms with Crippen molar-refractivity contribution in [3.05, 3.63) is 29.3 Å². The van der Waals surface area contributed by atoms with Crippen LogP contribution >= 0.6 is 0 Å². The molecule has 0 saturated heterocycles. The molecule has 0 aromatic heterocycles. The number of anilines is 1. The van der Waals surface area contributed by atoms with Crippen molar-refractivity contribution < 1.29 is 9.90 Å². The van der Waals surface area contributed by atoms with E-state index >= 15 is 0 Å². The zero-order valence-corrected chi connectivity index (χ0v) is 9.94. The fourth-order valence-electron chi connectivity index (χ4n) is 3.07. The number of fused-ring (bicyclic) bond motifs is 2. The summed E-state index contributed by atoms with van der Waals surface area (Å²) in [5.41, 5.74) is 1.80. The lowest BCUT2D eigenvalue weighted by Gasteiger charge is -2.33. The maximum atomic E-state index is 12.2. The lowest BCUT2D eigenvalue weighted by atomic mass is 9.69. The van der Waals surface area contributed by atoms with Gasteiger partial charge in [0, 0.05) is 5.69 Å². The van der Waals surface area contributed by atoms with Gasteiger partial charge in [-0.3, -0.25) is 4.79 Å². The lowest BCUT2D eigenvalue weighted by Crippen LogP contribution is -2.39. The van der Waals surface area contributed by atoms with E-state index in [-0.39, 0.29) is 12.0 Å². The lowest BCUT2D eigenvalue weighted by molar-refractivity contribution is -0.122. The van der Waals surface area contributed by atoms with Gasteiger partial charge in [0.2, 0.25) is 5.91 Å². The van der Waals surface area contributed by atoms with Crippen LogP contribution in [0.2, 0.25) is 0 Å². The first-order chi connectivity index (χ1) is 8.65. The fraction of sp³-hybridized carbons (Fsp3) is 0.429. The number of nitrogens with one attached hydrogen (secondary N) is 1. The molecule has 1 saturated carbocycles. The Balaban J connectivity index is 2.08. The summed E-state index contributed by atoms with van der Waals surface area (Å²) in [6.07, 6.45) is 2.29. The smallest absolute Gasteiger partial charge is 0.235 e. The molecule has 1 spiro atoms. The zero-order valence-electron chi connectivity index (χ0n) is 9.94. The second-order valence-corrected chi connectivity index (χ2v) is 5.14. The van der Waals surface area contributed by atoms with Gasteiger partial charge in [0.05, 0.1) is 23.2 Å². The van der Waals surface area contributed by atoms with Crippen LogP contribution in [0.5, 0.6) is 0 Å². The van der Waals surface area contributed by atoms with Crippen LogP contribution in [-0.4, -0.2) is 17.1 Å². The summed E-state index contributed by atoms with van der Waals surface area (Å²) >= 11 is 0. The van der Waals surface area contributed by atoms with E-state index in [2.05, 4.69) is 11.4 Å². The summed E-state index contributed by atoms with van der Waals surface area (Å²) in [5, 5.41) is 21.5. The molecular formula is C14H14N2O2. The first-order valence-corrected chi connectivity index (χ1v) is 6.20. The highest BCUT2D eigenvalue weighted by Gasteiger charge is 2.48. The predicted molar refractivity (Wildman–Crippen MR) is 65.9 cm³/mol. The highest BCUT2D eigenvalue weighted by Crippen LogP contribution is 2.47. The quantitative estimate of drug-likeness (QED) is 0.727. The molecule has 0 atom stereocenters.